The molecule has 35 heavy (non-hydrogen) atoms. The minimum absolute atomic E-state index is 0.0188. The van der Waals surface area contributed by atoms with Crippen molar-refractivity contribution in [3.05, 3.63) is 96.6 Å². The van der Waals surface area contributed by atoms with E-state index in [-0.39, 0.29) is 11.9 Å². The summed E-state index contributed by atoms with van der Waals surface area (Å²) in [5.74, 6) is -0.221. The molecular weight excluding hydrogens is 440 g/mol. The number of rotatable bonds is 8. The summed E-state index contributed by atoms with van der Waals surface area (Å²) in [6, 6.07) is 18.2. The maximum absolute atomic E-state index is 13.6. The number of hydrogen-bond acceptors (Lipinski definition) is 6. The van der Waals surface area contributed by atoms with Gasteiger partial charge >= 0.3 is 5.97 Å². The van der Waals surface area contributed by atoms with E-state index in [0.717, 1.165) is 29.2 Å². The number of anilines is 2. The Morgan fingerprint density at radius 1 is 0.943 bits per heavy atom. The van der Waals surface area contributed by atoms with Crippen molar-refractivity contribution in [2.45, 2.75) is 32.5 Å². The number of carbonyl (C=O) groups excluding carboxylic acids is 1. The van der Waals surface area contributed by atoms with Crippen molar-refractivity contribution in [2.24, 2.45) is 5.92 Å². The molecule has 0 unspecified atom stereocenters. The molecule has 3 heterocycles. The fraction of sp³-hybridized carbons (Fsp3) is 0.296. The van der Waals surface area contributed by atoms with E-state index < -0.39 is 6.04 Å². The summed E-state index contributed by atoms with van der Waals surface area (Å²) >= 11 is 0. The number of H-pyrrole nitrogens is 2. The first-order valence-electron chi connectivity index (χ1n) is 12.0. The minimum atomic E-state index is -0.466. The molecule has 1 aliphatic rings. The molecule has 0 bridgehead atoms. The first-order valence-corrected chi connectivity index (χ1v) is 12.0. The maximum Gasteiger partial charge on any atom is 0.329 e. The highest BCUT2D eigenvalue weighted by Gasteiger charge is 2.40. The van der Waals surface area contributed by atoms with E-state index in [2.05, 4.69) is 54.0 Å². The molecule has 2 N–H and O–H groups in total. The fourth-order valence-electron chi connectivity index (χ4n) is 4.97. The lowest BCUT2D eigenvalue weighted by Crippen LogP contribution is -2.49. The average Bonchev–Trinajstić information content (AvgIpc) is 3.56. The van der Waals surface area contributed by atoms with Gasteiger partial charge in [0.05, 0.1) is 55.1 Å². The van der Waals surface area contributed by atoms with E-state index in [4.69, 9.17) is 4.74 Å². The third-order valence-electron chi connectivity index (χ3n) is 6.45. The van der Waals surface area contributed by atoms with Gasteiger partial charge in [-0.05, 0) is 31.0 Å². The summed E-state index contributed by atoms with van der Waals surface area (Å²) in [4.78, 5) is 33.0. The Kier molecular flexibility index (Phi) is 6.79. The third kappa shape index (κ3) is 5.06. The molecule has 0 fully saturated rings. The molecule has 0 radical (unpaired) electrons. The smallest absolute Gasteiger partial charge is 0.329 e. The molecule has 0 saturated heterocycles. The first-order chi connectivity index (χ1) is 17.2. The average molecular weight is 471 g/mol. The van der Waals surface area contributed by atoms with Crippen molar-refractivity contribution >= 4 is 17.3 Å². The van der Waals surface area contributed by atoms with Gasteiger partial charge in [0.1, 0.15) is 6.04 Å². The Labute approximate surface area is 205 Å². The fourth-order valence-corrected chi connectivity index (χ4v) is 4.97. The number of fused-ring (bicyclic) bond motifs is 1. The van der Waals surface area contributed by atoms with Crippen LogP contribution in [0.1, 0.15) is 23.9 Å². The van der Waals surface area contributed by atoms with Crippen molar-refractivity contribution in [3.63, 3.8) is 0 Å². The second-order valence-electron chi connectivity index (χ2n) is 8.80. The topological polar surface area (TPSA) is 90.1 Å². The molecule has 4 aromatic rings. The highest BCUT2D eigenvalue weighted by atomic mass is 16.5. The van der Waals surface area contributed by atoms with Gasteiger partial charge in [0.15, 0.2) is 0 Å². The molecule has 8 nitrogen and oxygen atoms in total. The van der Waals surface area contributed by atoms with E-state index in [1.165, 1.54) is 5.56 Å². The van der Waals surface area contributed by atoms with E-state index in [0.29, 0.717) is 26.2 Å². The second kappa shape index (κ2) is 10.5. The lowest BCUT2D eigenvalue weighted by Gasteiger charge is -2.35. The van der Waals surface area contributed by atoms with Crippen molar-refractivity contribution < 1.29 is 9.53 Å². The molecule has 0 aliphatic carbocycles. The quantitative estimate of drug-likeness (QED) is 0.379. The van der Waals surface area contributed by atoms with Crippen LogP contribution < -0.4 is 9.80 Å². The van der Waals surface area contributed by atoms with E-state index in [1.54, 1.807) is 12.7 Å². The van der Waals surface area contributed by atoms with Gasteiger partial charge in [-0.3, -0.25) is 0 Å². The zero-order valence-corrected chi connectivity index (χ0v) is 19.8. The molecule has 2 aromatic carbocycles. The number of ether oxygens (including phenoxy) is 1. The normalized spacial score (nSPS) is 17.6. The number of aromatic nitrogens is 4. The van der Waals surface area contributed by atoms with Crippen LogP contribution in [0.15, 0.2) is 79.6 Å². The van der Waals surface area contributed by atoms with Crippen LogP contribution in [-0.4, -0.2) is 45.1 Å². The Hall–Kier alpha value is -4.07. The molecule has 0 spiro atoms. The van der Waals surface area contributed by atoms with E-state index in [1.807, 2.05) is 49.6 Å². The van der Waals surface area contributed by atoms with Crippen LogP contribution in [0.3, 0.4) is 0 Å². The van der Waals surface area contributed by atoms with Gasteiger partial charge in [-0.15, -0.1) is 0 Å². The number of imidazole rings is 2. The van der Waals surface area contributed by atoms with Gasteiger partial charge in [0.25, 0.3) is 0 Å². The zero-order chi connectivity index (χ0) is 24.0. The Morgan fingerprint density at radius 2 is 1.60 bits per heavy atom. The number of hydrogen-bond donors (Lipinski definition) is 2. The number of para-hydroxylation sites is 2. The Balaban J connectivity index is 1.62. The number of nitrogens with zero attached hydrogens (tertiary/aromatic N) is 4. The van der Waals surface area contributed by atoms with Crippen LogP contribution >= 0.6 is 0 Å². The molecule has 8 heteroatoms. The summed E-state index contributed by atoms with van der Waals surface area (Å²) in [5, 5.41) is 0. The summed E-state index contributed by atoms with van der Waals surface area (Å²) in [6.07, 6.45) is 7.78. The van der Waals surface area contributed by atoms with Gasteiger partial charge in [0, 0.05) is 24.9 Å². The summed E-state index contributed by atoms with van der Waals surface area (Å²) in [6.45, 7) is 4.07. The summed E-state index contributed by atoms with van der Waals surface area (Å²) < 4.78 is 5.67. The largest absolute Gasteiger partial charge is 0.464 e. The molecule has 0 amide bonds. The highest BCUT2D eigenvalue weighted by Crippen LogP contribution is 2.39. The number of carbonyl (C=O) groups is 1. The van der Waals surface area contributed by atoms with Crippen molar-refractivity contribution in [3.8, 4) is 0 Å². The Morgan fingerprint density at radius 3 is 2.26 bits per heavy atom. The number of aromatic amines is 2. The molecule has 5 rings (SSSR count). The molecular formula is C27H30N6O2. The zero-order valence-electron chi connectivity index (χ0n) is 19.8. The number of nitrogens with one attached hydrogen (secondary N) is 2. The summed E-state index contributed by atoms with van der Waals surface area (Å²) in [5.41, 5.74) is 5.23. The van der Waals surface area contributed by atoms with Crippen LogP contribution in [0.2, 0.25) is 0 Å². The van der Waals surface area contributed by atoms with Crippen molar-refractivity contribution in [1.82, 2.24) is 19.9 Å². The second-order valence-corrected chi connectivity index (χ2v) is 8.80. The van der Waals surface area contributed by atoms with E-state index in [9.17, 15) is 4.79 Å². The van der Waals surface area contributed by atoms with Crippen LogP contribution in [0.5, 0.6) is 0 Å². The van der Waals surface area contributed by atoms with Crippen molar-refractivity contribution in [2.75, 3.05) is 23.0 Å². The van der Waals surface area contributed by atoms with Gasteiger partial charge in [-0.2, -0.15) is 0 Å². The molecule has 1 aliphatic heterocycles. The van der Waals surface area contributed by atoms with Crippen LogP contribution in [0.25, 0.3) is 0 Å². The van der Waals surface area contributed by atoms with Crippen molar-refractivity contribution in [1.29, 1.82) is 0 Å². The van der Waals surface area contributed by atoms with Crippen LogP contribution in [-0.2, 0) is 29.0 Å². The minimum Gasteiger partial charge on any atom is -0.464 e. The first kappa shape index (κ1) is 22.7. The van der Waals surface area contributed by atoms with Gasteiger partial charge in [-0.25, -0.2) is 14.8 Å². The SMILES string of the molecule is CCOC(=O)[C@@H]1[C@H](Cc2ccccc2)CN(Cc2cnc[nH]2)c2ccccc2N1Cc1cnc[nH]1. The highest BCUT2D eigenvalue weighted by molar-refractivity contribution is 5.85. The third-order valence-corrected chi connectivity index (χ3v) is 6.45. The summed E-state index contributed by atoms with van der Waals surface area (Å²) in [7, 11) is 0. The standard InChI is InChI=1S/C27H30N6O2/c1-2-35-27(34)26-21(12-20-8-4-3-5-9-20)15-32(16-22-13-28-18-30-22)24-10-6-7-11-25(24)33(26)17-23-14-29-19-31-23/h3-11,13-14,18-19,21,26H,2,12,15-17H2,1H3,(H,28,30)(H,29,31)/t21-,26+/m1/s1. The van der Waals surface area contributed by atoms with Crippen LogP contribution in [0.4, 0.5) is 11.4 Å². The Bertz CT molecular complexity index is 1210. The van der Waals surface area contributed by atoms with Gasteiger partial charge in [-0.1, -0.05) is 42.5 Å². The van der Waals surface area contributed by atoms with Crippen LogP contribution in [0, 0.1) is 5.92 Å². The number of benzene rings is 2. The number of esters is 1. The molecule has 180 valence electrons. The van der Waals surface area contributed by atoms with E-state index >= 15 is 0 Å². The maximum atomic E-state index is 13.6. The molecule has 2 aromatic heterocycles. The molecule has 2 atom stereocenters. The lowest BCUT2D eigenvalue weighted by atomic mass is 9.90. The predicted molar refractivity (Wildman–Crippen MR) is 135 cm³/mol. The van der Waals surface area contributed by atoms with Gasteiger partial charge in [0.2, 0.25) is 0 Å². The predicted octanol–water partition coefficient (Wildman–Crippen LogP) is 3.95. The van der Waals surface area contributed by atoms with Gasteiger partial charge < -0.3 is 24.5 Å². The monoisotopic (exact) mass is 470 g/mol. The molecule has 0 saturated carbocycles. The lowest BCUT2D eigenvalue weighted by molar-refractivity contribution is -0.146.